The van der Waals surface area contributed by atoms with Crippen molar-refractivity contribution in [2.75, 3.05) is 18.5 Å². The molecular weight excluding hydrogens is 422 g/mol. The number of ether oxygens (including phenoxy) is 1. The molecular formula is C25H31N3O3S. The summed E-state index contributed by atoms with van der Waals surface area (Å²) in [6.45, 7) is 9.31. The minimum atomic E-state index is -0.626. The first kappa shape index (κ1) is 23.9. The summed E-state index contributed by atoms with van der Waals surface area (Å²) in [7, 11) is 0. The quantitative estimate of drug-likeness (QED) is 0.264. The zero-order valence-corrected chi connectivity index (χ0v) is 20.0. The molecule has 7 heteroatoms. The minimum Gasteiger partial charge on any atom is -0.465 e. The molecule has 0 bridgehead atoms. The van der Waals surface area contributed by atoms with Crippen molar-refractivity contribution in [3.8, 4) is 0 Å². The number of rotatable bonds is 10. The van der Waals surface area contributed by atoms with Crippen LogP contribution in [0.4, 0.5) is 5.69 Å². The van der Waals surface area contributed by atoms with Gasteiger partial charge in [-0.1, -0.05) is 12.1 Å². The fourth-order valence-corrected chi connectivity index (χ4v) is 4.46. The highest BCUT2D eigenvalue weighted by Gasteiger charge is 2.30. The van der Waals surface area contributed by atoms with Gasteiger partial charge in [0, 0.05) is 23.7 Å². The second-order valence-electron chi connectivity index (χ2n) is 8.12. The molecule has 2 aromatic carbocycles. The number of thioether (sulfide) groups is 1. The second-order valence-corrected chi connectivity index (χ2v) is 9.82. The summed E-state index contributed by atoms with van der Waals surface area (Å²) in [6, 6.07) is 15.5. The van der Waals surface area contributed by atoms with E-state index in [1.165, 1.54) is 11.8 Å². The van der Waals surface area contributed by atoms with Crippen molar-refractivity contribution < 1.29 is 9.53 Å². The molecule has 0 saturated heterocycles. The van der Waals surface area contributed by atoms with Crippen molar-refractivity contribution in [3.63, 3.8) is 0 Å². The summed E-state index contributed by atoms with van der Waals surface area (Å²) >= 11 is 1.50. The Morgan fingerprint density at radius 1 is 1.12 bits per heavy atom. The van der Waals surface area contributed by atoms with Crippen molar-refractivity contribution >= 4 is 34.3 Å². The lowest BCUT2D eigenvalue weighted by Crippen LogP contribution is -2.29. The van der Waals surface area contributed by atoms with Gasteiger partial charge >= 0.3 is 5.97 Å². The molecule has 1 N–H and O–H groups in total. The lowest BCUT2D eigenvalue weighted by Gasteiger charge is -2.21. The molecule has 1 heterocycles. The maximum absolute atomic E-state index is 12.7. The van der Waals surface area contributed by atoms with Crippen LogP contribution in [-0.4, -0.2) is 33.4 Å². The molecule has 0 spiro atoms. The highest BCUT2D eigenvalue weighted by atomic mass is 32.2. The van der Waals surface area contributed by atoms with Crippen LogP contribution in [0, 0.1) is 6.92 Å². The van der Waals surface area contributed by atoms with Gasteiger partial charge in [-0.15, -0.1) is 11.8 Å². The molecule has 3 rings (SSSR count). The van der Waals surface area contributed by atoms with Gasteiger partial charge in [-0.3, -0.25) is 14.2 Å². The maximum atomic E-state index is 12.7. The number of nitrogens with one attached hydrogen (secondary N) is 1. The maximum Gasteiger partial charge on any atom is 0.321 e. The zero-order chi connectivity index (χ0) is 23.1. The number of carbonyl (C=O) groups is 1. The summed E-state index contributed by atoms with van der Waals surface area (Å²) in [6.07, 6.45) is 1.82. The van der Waals surface area contributed by atoms with Gasteiger partial charge in [0.05, 0.1) is 17.5 Å². The third kappa shape index (κ3) is 5.91. The number of carbonyl (C=O) groups excluding carboxylic acids is 1. The van der Waals surface area contributed by atoms with Gasteiger partial charge < -0.3 is 10.1 Å². The topological polar surface area (TPSA) is 73.2 Å². The Morgan fingerprint density at radius 3 is 2.56 bits per heavy atom. The van der Waals surface area contributed by atoms with Crippen LogP contribution in [0.3, 0.4) is 0 Å². The van der Waals surface area contributed by atoms with Crippen molar-refractivity contribution in [1.29, 1.82) is 0 Å². The average molecular weight is 454 g/mol. The fraction of sp³-hybridized carbons (Fsp3) is 0.400. The van der Waals surface area contributed by atoms with Crippen LogP contribution >= 0.6 is 11.8 Å². The summed E-state index contributed by atoms with van der Waals surface area (Å²) in [5.41, 5.74) is 1.81. The Labute approximate surface area is 193 Å². The number of anilines is 1. The molecule has 0 aliphatic heterocycles. The molecule has 0 unspecified atom stereocenters. The van der Waals surface area contributed by atoms with Gasteiger partial charge in [0.25, 0.3) is 5.56 Å². The highest BCUT2D eigenvalue weighted by molar-refractivity contribution is 8.01. The van der Waals surface area contributed by atoms with E-state index in [9.17, 15) is 9.59 Å². The first-order valence-corrected chi connectivity index (χ1v) is 11.8. The highest BCUT2D eigenvalue weighted by Crippen LogP contribution is 2.34. The Balaban J connectivity index is 1.48. The molecule has 0 amide bonds. The number of aryl methyl sites for hydroxylation is 1. The van der Waals surface area contributed by atoms with Crippen molar-refractivity contribution in [2.24, 2.45) is 0 Å². The molecule has 0 saturated carbocycles. The number of benzene rings is 2. The van der Waals surface area contributed by atoms with E-state index in [1.807, 2.05) is 76.2 Å². The lowest BCUT2D eigenvalue weighted by atomic mass is 10.2. The third-order valence-electron chi connectivity index (χ3n) is 5.18. The van der Waals surface area contributed by atoms with Crippen LogP contribution in [0.5, 0.6) is 0 Å². The predicted octanol–water partition coefficient (Wildman–Crippen LogP) is 5.03. The van der Waals surface area contributed by atoms with Gasteiger partial charge in [-0.05, 0) is 76.9 Å². The number of fused-ring (bicyclic) bond motifs is 1. The van der Waals surface area contributed by atoms with E-state index in [1.54, 1.807) is 4.57 Å². The summed E-state index contributed by atoms with van der Waals surface area (Å²) in [5.74, 6) is 0.545. The normalized spacial score (nSPS) is 11.5. The number of hydrogen-bond acceptors (Lipinski definition) is 6. The van der Waals surface area contributed by atoms with E-state index >= 15 is 0 Å². The van der Waals surface area contributed by atoms with E-state index in [-0.39, 0.29) is 11.5 Å². The van der Waals surface area contributed by atoms with Crippen LogP contribution in [-0.2, 0) is 16.1 Å². The molecule has 0 radical (unpaired) electrons. The summed E-state index contributed by atoms with van der Waals surface area (Å²) < 4.78 is 6.29. The van der Waals surface area contributed by atoms with Crippen LogP contribution < -0.4 is 10.9 Å². The van der Waals surface area contributed by atoms with Crippen LogP contribution in [0.2, 0.25) is 0 Å². The fourth-order valence-electron chi connectivity index (χ4n) is 3.45. The van der Waals surface area contributed by atoms with Crippen molar-refractivity contribution in [3.05, 3.63) is 64.7 Å². The molecule has 32 heavy (non-hydrogen) atoms. The molecule has 1 aromatic heterocycles. The predicted molar refractivity (Wildman–Crippen MR) is 131 cm³/mol. The number of esters is 1. The Morgan fingerprint density at radius 2 is 1.84 bits per heavy atom. The van der Waals surface area contributed by atoms with Gasteiger partial charge in [0.15, 0.2) is 0 Å². The largest absolute Gasteiger partial charge is 0.465 e. The Hall–Kier alpha value is -2.80. The molecule has 0 aliphatic rings. The number of unbranched alkanes of at least 4 members (excludes halogenated alkanes) is 1. The SMILES string of the molecule is CCOC(=O)C(C)(C)Sc1ccc(NCCCCn2c(C)nc3ccccc3c2=O)cc1. The van der Waals surface area contributed by atoms with Crippen molar-refractivity contribution in [2.45, 2.75) is 56.7 Å². The number of para-hydroxylation sites is 1. The summed E-state index contributed by atoms with van der Waals surface area (Å²) in [5, 5.41) is 4.09. The first-order valence-electron chi connectivity index (χ1n) is 11.0. The van der Waals surface area contributed by atoms with Gasteiger partial charge in [0.1, 0.15) is 10.6 Å². The first-order chi connectivity index (χ1) is 15.3. The Kier molecular flexibility index (Phi) is 7.96. The average Bonchev–Trinajstić information content (AvgIpc) is 2.76. The number of aromatic nitrogens is 2. The molecule has 0 atom stereocenters. The standard InChI is InChI=1S/C25H31N3O3S/c1-5-31-24(30)25(3,4)32-20-14-12-19(13-15-20)26-16-8-9-17-28-18(2)27-22-11-7-6-10-21(22)23(28)29/h6-7,10-15,26H,5,8-9,16-17H2,1-4H3. The molecule has 6 nitrogen and oxygen atoms in total. The lowest BCUT2D eigenvalue weighted by molar-refractivity contribution is -0.145. The zero-order valence-electron chi connectivity index (χ0n) is 19.2. The van der Waals surface area contributed by atoms with Crippen LogP contribution in [0.1, 0.15) is 39.4 Å². The monoisotopic (exact) mass is 453 g/mol. The van der Waals surface area contributed by atoms with E-state index in [4.69, 9.17) is 4.74 Å². The number of nitrogens with zero attached hydrogens (tertiary/aromatic N) is 2. The summed E-state index contributed by atoms with van der Waals surface area (Å²) in [4.78, 5) is 30.4. The molecule has 0 fully saturated rings. The van der Waals surface area contributed by atoms with E-state index in [0.29, 0.717) is 18.5 Å². The molecule has 170 valence electrons. The smallest absolute Gasteiger partial charge is 0.321 e. The van der Waals surface area contributed by atoms with E-state index < -0.39 is 4.75 Å². The van der Waals surface area contributed by atoms with Crippen LogP contribution in [0.25, 0.3) is 10.9 Å². The van der Waals surface area contributed by atoms with Gasteiger partial charge in [0.2, 0.25) is 0 Å². The third-order valence-corrected chi connectivity index (χ3v) is 6.37. The van der Waals surface area contributed by atoms with E-state index in [2.05, 4.69) is 10.3 Å². The van der Waals surface area contributed by atoms with E-state index in [0.717, 1.165) is 41.3 Å². The molecule has 0 aliphatic carbocycles. The Bertz CT molecular complexity index is 1120. The second kappa shape index (κ2) is 10.7. The number of hydrogen-bond donors (Lipinski definition) is 1. The van der Waals surface area contributed by atoms with Crippen molar-refractivity contribution in [1.82, 2.24) is 9.55 Å². The minimum absolute atomic E-state index is 0.0277. The van der Waals surface area contributed by atoms with Crippen LogP contribution in [0.15, 0.2) is 58.2 Å². The van der Waals surface area contributed by atoms with Gasteiger partial charge in [-0.25, -0.2) is 4.98 Å². The molecule has 3 aromatic rings. The van der Waals surface area contributed by atoms with Gasteiger partial charge in [-0.2, -0.15) is 0 Å².